The largest absolute Gasteiger partial charge is 0.481 e. The fourth-order valence-corrected chi connectivity index (χ4v) is 1.06. The van der Waals surface area contributed by atoms with Crippen LogP contribution in [-0.2, 0) is 19.1 Å². The van der Waals surface area contributed by atoms with Crippen LogP contribution < -0.4 is 11.1 Å². The van der Waals surface area contributed by atoms with Crippen molar-refractivity contribution in [3.8, 4) is 0 Å². The van der Waals surface area contributed by atoms with E-state index in [2.05, 4.69) is 5.32 Å². The van der Waals surface area contributed by atoms with E-state index in [4.69, 9.17) is 20.7 Å². The number of nitrogens with one attached hydrogen (secondary N) is 1. The minimum absolute atomic E-state index is 0.0328. The summed E-state index contributed by atoms with van der Waals surface area (Å²) in [4.78, 5) is 32.0. The van der Waals surface area contributed by atoms with Crippen LogP contribution in [0.2, 0.25) is 0 Å². The summed E-state index contributed by atoms with van der Waals surface area (Å²) in [5.74, 6) is -2.89. The third kappa shape index (κ3) is 7.25. The summed E-state index contributed by atoms with van der Waals surface area (Å²) in [6.45, 7) is -0.0328. The zero-order valence-corrected chi connectivity index (χ0v) is 9.38. The topological polar surface area (TPSA) is 139 Å². The molecular weight excluding hydrogens is 232 g/mol. The molecule has 0 aromatic carbocycles. The van der Waals surface area contributed by atoms with E-state index in [0.717, 1.165) is 0 Å². The minimum atomic E-state index is -1.18. The lowest BCUT2D eigenvalue weighted by molar-refractivity contribution is -0.140. The standard InChI is InChI=1S/C9H16N2O6/c1-17-5(2-7(12)13)4-11-9(16)6(10)3-8(14)15/h5-6H,2-4,10H2,1H3,(H,11,16)(H,12,13)(H,14,15). The molecule has 0 heterocycles. The molecule has 98 valence electrons. The smallest absolute Gasteiger partial charge is 0.306 e. The molecule has 0 spiro atoms. The third-order valence-corrected chi connectivity index (χ3v) is 1.97. The van der Waals surface area contributed by atoms with Gasteiger partial charge in [0.1, 0.15) is 0 Å². The molecule has 0 saturated heterocycles. The van der Waals surface area contributed by atoms with Gasteiger partial charge in [0.05, 0.1) is 25.0 Å². The number of methoxy groups -OCH3 is 1. The van der Waals surface area contributed by atoms with E-state index in [-0.39, 0.29) is 13.0 Å². The van der Waals surface area contributed by atoms with Crippen molar-refractivity contribution in [3.63, 3.8) is 0 Å². The van der Waals surface area contributed by atoms with Crippen molar-refractivity contribution in [1.82, 2.24) is 5.32 Å². The molecule has 0 aromatic heterocycles. The van der Waals surface area contributed by atoms with Gasteiger partial charge in [-0.15, -0.1) is 0 Å². The second-order valence-corrected chi connectivity index (χ2v) is 3.41. The van der Waals surface area contributed by atoms with E-state index < -0.39 is 36.4 Å². The third-order valence-electron chi connectivity index (χ3n) is 1.97. The number of carbonyl (C=O) groups is 3. The predicted molar refractivity (Wildman–Crippen MR) is 56.3 cm³/mol. The lowest BCUT2D eigenvalue weighted by atomic mass is 10.2. The number of aliphatic carboxylic acids is 2. The summed E-state index contributed by atoms with van der Waals surface area (Å²) >= 11 is 0. The van der Waals surface area contributed by atoms with Crippen molar-refractivity contribution in [2.45, 2.75) is 25.0 Å². The summed E-state index contributed by atoms with van der Waals surface area (Å²) in [6.07, 6.45) is -1.42. The predicted octanol–water partition coefficient (Wildman–Crippen LogP) is -1.61. The number of nitrogens with two attached hydrogens (primary N) is 1. The fourth-order valence-electron chi connectivity index (χ4n) is 1.06. The molecule has 0 aliphatic carbocycles. The van der Waals surface area contributed by atoms with Crippen LogP contribution in [0.5, 0.6) is 0 Å². The molecule has 0 aromatic rings. The highest BCUT2D eigenvalue weighted by atomic mass is 16.5. The molecule has 8 nitrogen and oxygen atoms in total. The van der Waals surface area contributed by atoms with Crippen LogP contribution in [0.3, 0.4) is 0 Å². The number of carboxylic acid groups (broad SMARTS) is 2. The van der Waals surface area contributed by atoms with Crippen molar-refractivity contribution in [3.05, 3.63) is 0 Å². The van der Waals surface area contributed by atoms with Crippen LogP contribution in [0.15, 0.2) is 0 Å². The number of carbonyl (C=O) groups excluding carboxylic acids is 1. The van der Waals surface area contributed by atoms with Crippen LogP contribution in [0.4, 0.5) is 0 Å². The van der Waals surface area contributed by atoms with Gasteiger partial charge in [-0.2, -0.15) is 0 Å². The Labute approximate surface area is 97.7 Å². The highest BCUT2D eigenvalue weighted by Crippen LogP contribution is 1.96. The van der Waals surface area contributed by atoms with E-state index in [1.165, 1.54) is 7.11 Å². The Morgan fingerprint density at radius 2 is 1.76 bits per heavy atom. The van der Waals surface area contributed by atoms with Crippen LogP contribution in [-0.4, -0.2) is 53.9 Å². The molecule has 8 heteroatoms. The van der Waals surface area contributed by atoms with Gasteiger partial charge in [-0.05, 0) is 0 Å². The minimum Gasteiger partial charge on any atom is -0.481 e. The van der Waals surface area contributed by atoms with Gasteiger partial charge in [-0.25, -0.2) is 0 Å². The first-order valence-electron chi connectivity index (χ1n) is 4.86. The maximum atomic E-state index is 11.3. The highest BCUT2D eigenvalue weighted by molar-refractivity contribution is 5.85. The van der Waals surface area contributed by atoms with Crippen molar-refractivity contribution in [1.29, 1.82) is 0 Å². The van der Waals surface area contributed by atoms with E-state index in [1.54, 1.807) is 0 Å². The summed E-state index contributed by atoms with van der Waals surface area (Å²) in [6, 6.07) is -1.16. The van der Waals surface area contributed by atoms with Crippen molar-refractivity contribution < 1.29 is 29.3 Å². The Morgan fingerprint density at radius 1 is 1.24 bits per heavy atom. The number of carboxylic acids is 2. The van der Waals surface area contributed by atoms with Gasteiger partial charge in [0, 0.05) is 13.7 Å². The molecule has 17 heavy (non-hydrogen) atoms. The molecule has 0 radical (unpaired) electrons. The zero-order chi connectivity index (χ0) is 13.4. The Balaban J connectivity index is 4.03. The second-order valence-electron chi connectivity index (χ2n) is 3.41. The SMILES string of the molecule is COC(CNC(=O)C(N)CC(=O)O)CC(=O)O. The quantitative estimate of drug-likeness (QED) is 0.405. The average molecular weight is 248 g/mol. The zero-order valence-electron chi connectivity index (χ0n) is 9.38. The van der Waals surface area contributed by atoms with E-state index in [1.807, 2.05) is 0 Å². The first kappa shape index (κ1) is 15.3. The molecule has 0 fully saturated rings. The molecule has 0 rings (SSSR count). The van der Waals surface area contributed by atoms with Gasteiger partial charge >= 0.3 is 11.9 Å². The Bertz CT molecular complexity index is 293. The first-order chi connectivity index (χ1) is 7.86. The Kier molecular flexibility index (Phi) is 6.83. The van der Waals surface area contributed by atoms with Crippen LogP contribution in [0.1, 0.15) is 12.8 Å². The van der Waals surface area contributed by atoms with Crippen molar-refractivity contribution in [2.24, 2.45) is 5.73 Å². The van der Waals surface area contributed by atoms with Gasteiger partial charge in [0.2, 0.25) is 5.91 Å². The number of rotatable bonds is 8. The van der Waals surface area contributed by atoms with Crippen LogP contribution >= 0.6 is 0 Å². The van der Waals surface area contributed by atoms with E-state index in [0.29, 0.717) is 0 Å². The molecule has 0 aliphatic rings. The fraction of sp³-hybridized carbons (Fsp3) is 0.667. The number of amides is 1. The maximum Gasteiger partial charge on any atom is 0.306 e. The van der Waals surface area contributed by atoms with E-state index in [9.17, 15) is 14.4 Å². The van der Waals surface area contributed by atoms with Gasteiger partial charge in [-0.3, -0.25) is 14.4 Å². The molecule has 2 unspecified atom stereocenters. The number of hydrogen-bond acceptors (Lipinski definition) is 5. The molecule has 0 saturated carbocycles. The Morgan fingerprint density at radius 3 is 2.18 bits per heavy atom. The molecular formula is C9H16N2O6. The van der Waals surface area contributed by atoms with Gasteiger partial charge < -0.3 is 26.0 Å². The average Bonchev–Trinajstić information content (AvgIpc) is 2.22. The van der Waals surface area contributed by atoms with Gasteiger partial charge in [0.25, 0.3) is 0 Å². The summed E-state index contributed by atoms with van der Waals surface area (Å²) in [7, 11) is 1.32. The molecule has 2 atom stereocenters. The summed E-state index contributed by atoms with van der Waals surface area (Å²) in [5, 5.41) is 19.3. The molecule has 0 aliphatic heterocycles. The Hall–Kier alpha value is -1.67. The lowest BCUT2D eigenvalue weighted by Gasteiger charge is -2.15. The molecule has 1 amide bonds. The van der Waals surface area contributed by atoms with Crippen molar-refractivity contribution >= 4 is 17.8 Å². The summed E-state index contributed by atoms with van der Waals surface area (Å²) < 4.78 is 4.82. The second kappa shape index (κ2) is 7.58. The molecule has 0 bridgehead atoms. The monoisotopic (exact) mass is 248 g/mol. The highest BCUT2D eigenvalue weighted by Gasteiger charge is 2.19. The lowest BCUT2D eigenvalue weighted by Crippen LogP contribution is -2.45. The number of hydrogen-bond donors (Lipinski definition) is 4. The molecule has 5 N–H and O–H groups in total. The normalized spacial score (nSPS) is 13.8. The van der Waals surface area contributed by atoms with Crippen LogP contribution in [0.25, 0.3) is 0 Å². The summed E-state index contributed by atoms with van der Waals surface area (Å²) in [5.41, 5.74) is 5.30. The maximum absolute atomic E-state index is 11.3. The number of ether oxygens (including phenoxy) is 1. The van der Waals surface area contributed by atoms with Crippen molar-refractivity contribution in [2.75, 3.05) is 13.7 Å². The van der Waals surface area contributed by atoms with Gasteiger partial charge in [0.15, 0.2) is 0 Å². The van der Waals surface area contributed by atoms with E-state index >= 15 is 0 Å². The van der Waals surface area contributed by atoms with Gasteiger partial charge in [-0.1, -0.05) is 0 Å². The van der Waals surface area contributed by atoms with Crippen LogP contribution in [0, 0.1) is 0 Å². The first-order valence-corrected chi connectivity index (χ1v) is 4.86.